The summed E-state index contributed by atoms with van der Waals surface area (Å²) < 4.78 is 5.31. The Morgan fingerprint density at radius 3 is 2.56 bits per heavy atom. The molecule has 0 aliphatic carbocycles. The van der Waals surface area contributed by atoms with Gasteiger partial charge in [-0.2, -0.15) is 0 Å². The number of benzene rings is 1. The maximum atomic E-state index is 12.9. The van der Waals surface area contributed by atoms with Gasteiger partial charge in [-0.05, 0) is 37.5 Å². The van der Waals surface area contributed by atoms with Crippen LogP contribution in [0.2, 0.25) is 0 Å². The molecule has 0 bridgehead atoms. The van der Waals surface area contributed by atoms with Gasteiger partial charge < -0.3 is 26.5 Å². The number of nitrogens with zero attached hydrogens (tertiary/aromatic N) is 2. The number of aliphatic imine (C=N–C) groups is 1. The number of aromatic amines is 1. The fraction of sp³-hybridized carbons (Fsp3) is 0.409. The molecule has 2 amide bonds. The lowest BCUT2D eigenvalue weighted by molar-refractivity contribution is -0.130. The number of hydrazine groups is 1. The van der Waals surface area contributed by atoms with Crippen molar-refractivity contribution in [2.24, 2.45) is 16.5 Å². The molecule has 2 aromatic rings. The van der Waals surface area contributed by atoms with Crippen molar-refractivity contribution in [1.29, 1.82) is 0 Å². The number of rotatable bonds is 9. The number of carbonyl (C=O) groups is 2. The summed E-state index contributed by atoms with van der Waals surface area (Å²) in [6.45, 7) is 4.68. The van der Waals surface area contributed by atoms with Crippen LogP contribution in [-0.4, -0.2) is 66.7 Å². The smallest absolute Gasteiger partial charge is 0.268 e. The molecule has 1 aliphatic heterocycles. The lowest BCUT2D eigenvalue weighted by Gasteiger charge is -2.29. The fourth-order valence-electron chi connectivity index (χ4n) is 3.35. The molecule has 32 heavy (non-hydrogen) atoms. The minimum Gasteiger partial charge on any atom is -0.379 e. The van der Waals surface area contributed by atoms with Gasteiger partial charge in [-0.25, -0.2) is 5.01 Å². The van der Waals surface area contributed by atoms with E-state index in [0.717, 1.165) is 16.8 Å². The molecular weight excluding hydrogens is 410 g/mol. The maximum Gasteiger partial charge on any atom is 0.268 e. The number of aryl methyl sites for hydroxylation is 1. The van der Waals surface area contributed by atoms with Crippen molar-refractivity contribution in [1.82, 2.24) is 20.7 Å². The minimum atomic E-state index is -0.731. The molecule has 1 aromatic heterocycles. The highest BCUT2D eigenvalue weighted by molar-refractivity contribution is 5.96. The van der Waals surface area contributed by atoms with E-state index in [-0.39, 0.29) is 17.8 Å². The third-order valence-corrected chi connectivity index (χ3v) is 5.14. The largest absolute Gasteiger partial charge is 0.379 e. The Balaban J connectivity index is 1.65. The van der Waals surface area contributed by atoms with Crippen molar-refractivity contribution in [2.45, 2.75) is 25.8 Å². The number of carbonyl (C=O) groups excluding carboxylic acids is 2. The van der Waals surface area contributed by atoms with Gasteiger partial charge in [0.2, 0.25) is 0 Å². The molecule has 1 unspecified atom stereocenters. The number of morpholine rings is 1. The molecule has 10 nitrogen and oxygen atoms in total. The summed E-state index contributed by atoms with van der Waals surface area (Å²) in [5.74, 6) is -0.638. The summed E-state index contributed by atoms with van der Waals surface area (Å²) in [5, 5.41) is 4.63. The van der Waals surface area contributed by atoms with E-state index in [1.807, 2.05) is 37.3 Å². The van der Waals surface area contributed by atoms with E-state index in [4.69, 9.17) is 16.2 Å². The van der Waals surface area contributed by atoms with Crippen LogP contribution in [-0.2, 0) is 9.53 Å². The van der Waals surface area contributed by atoms with E-state index in [9.17, 15) is 9.59 Å². The van der Waals surface area contributed by atoms with E-state index >= 15 is 0 Å². The van der Waals surface area contributed by atoms with Gasteiger partial charge in [-0.3, -0.25) is 20.0 Å². The molecule has 2 heterocycles. The van der Waals surface area contributed by atoms with Crippen LogP contribution in [0, 0.1) is 6.92 Å². The number of amides is 2. The molecule has 1 aliphatic rings. The first-order valence-electron chi connectivity index (χ1n) is 10.7. The SMILES string of the molecule is Cc1ccc(-c2ccc(C(=O)NC(CCCN=C(N)N)C(=O)NN3CCOCC3)[nH]2)cc1. The molecule has 1 fully saturated rings. The van der Waals surface area contributed by atoms with Gasteiger partial charge in [0.05, 0.1) is 13.2 Å². The molecule has 1 saturated heterocycles. The average molecular weight is 442 g/mol. The highest BCUT2D eigenvalue weighted by Gasteiger charge is 2.24. The highest BCUT2D eigenvalue weighted by atomic mass is 16.5. The molecule has 172 valence electrons. The van der Waals surface area contributed by atoms with Crippen molar-refractivity contribution in [2.75, 3.05) is 32.8 Å². The zero-order chi connectivity index (χ0) is 22.9. The van der Waals surface area contributed by atoms with Gasteiger partial charge in [-0.15, -0.1) is 0 Å². The lowest BCUT2D eigenvalue weighted by Crippen LogP contribution is -2.55. The molecule has 1 aromatic carbocycles. The van der Waals surface area contributed by atoms with E-state index in [0.29, 0.717) is 51.4 Å². The predicted octanol–water partition coefficient (Wildman–Crippen LogP) is 0.506. The summed E-state index contributed by atoms with van der Waals surface area (Å²) >= 11 is 0. The number of aromatic nitrogens is 1. The van der Waals surface area contributed by atoms with Crippen LogP contribution in [0.15, 0.2) is 41.4 Å². The number of nitrogens with one attached hydrogen (secondary N) is 3. The number of hydrogen-bond acceptors (Lipinski definition) is 5. The van der Waals surface area contributed by atoms with Gasteiger partial charge in [0.1, 0.15) is 11.7 Å². The van der Waals surface area contributed by atoms with Crippen molar-refractivity contribution >= 4 is 17.8 Å². The van der Waals surface area contributed by atoms with Gasteiger partial charge in [0, 0.05) is 25.3 Å². The zero-order valence-corrected chi connectivity index (χ0v) is 18.3. The Bertz CT molecular complexity index is 929. The first-order chi connectivity index (χ1) is 15.4. The summed E-state index contributed by atoms with van der Waals surface area (Å²) in [6, 6.07) is 10.8. The first kappa shape index (κ1) is 23.3. The molecule has 1 atom stereocenters. The summed E-state index contributed by atoms with van der Waals surface area (Å²) in [5.41, 5.74) is 16.9. The first-order valence-corrected chi connectivity index (χ1v) is 10.7. The van der Waals surface area contributed by atoms with Crippen LogP contribution < -0.4 is 22.2 Å². The Labute approximate surface area is 187 Å². The van der Waals surface area contributed by atoms with Crippen LogP contribution in [0.1, 0.15) is 28.9 Å². The van der Waals surface area contributed by atoms with Crippen molar-refractivity contribution in [3.8, 4) is 11.3 Å². The van der Waals surface area contributed by atoms with E-state index in [2.05, 4.69) is 20.7 Å². The quantitative estimate of drug-likeness (QED) is 0.217. The Hall–Kier alpha value is -3.37. The summed E-state index contributed by atoms with van der Waals surface area (Å²) in [7, 11) is 0. The van der Waals surface area contributed by atoms with Crippen LogP contribution >= 0.6 is 0 Å². The zero-order valence-electron chi connectivity index (χ0n) is 18.3. The van der Waals surface area contributed by atoms with Crippen LogP contribution in [0.4, 0.5) is 0 Å². The van der Waals surface area contributed by atoms with Gasteiger partial charge in [0.15, 0.2) is 5.96 Å². The number of guanidine groups is 1. The Kier molecular flexibility index (Phi) is 8.23. The topological polar surface area (TPSA) is 151 Å². The molecule has 7 N–H and O–H groups in total. The second kappa shape index (κ2) is 11.3. The average Bonchev–Trinajstić information content (AvgIpc) is 3.27. The molecule has 0 radical (unpaired) electrons. The monoisotopic (exact) mass is 441 g/mol. The third-order valence-electron chi connectivity index (χ3n) is 5.14. The molecule has 10 heteroatoms. The van der Waals surface area contributed by atoms with E-state index in [1.165, 1.54) is 0 Å². The predicted molar refractivity (Wildman–Crippen MR) is 123 cm³/mol. The normalized spacial score (nSPS) is 15.0. The van der Waals surface area contributed by atoms with Crippen LogP contribution in [0.25, 0.3) is 11.3 Å². The molecule has 0 saturated carbocycles. The Morgan fingerprint density at radius 2 is 1.88 bits per heavy atom. The van der Waals surface area contributed by atoms with E-state index in [1.54, 1.807) is 11.1 Å². The van der Waals surface area contributed by atoms with E-state index < -0.39 is 6.04 Å². The second-order valence-electron chi connectivity index (χ2n) is 7.70. The number of hydrogen-bond donors (Lipinski definition) is 5. The van der Waals surface area contributed by atoms with Crippen molar-refractivity contribution < 1.29 is 14.3 Å². The number of H-pyrrole nitrogens is 1. The van der Waals surface area contributed by atoms with Crippen molar-refractivity contribution in [3.63, 3.8) is 0 Å². The Morgan fingerprint density at radius 1 is 1.16 bits per heavy atom. The molecule has 3 rings (SSSR count). The number of ether oxygens (including phenoxy) is 1. The van der Waals surface area contributed by atoms with Crippen LogP contribution in [0.3, 0.4) is 0 Å². The third kappa shape index (κ3) is 6.82. The number of nitrogens with two attached hydrogens (primary N) is 2. The maximum absolute atomic E-state index is 12.9. The van der Waals surface area contributed by atoms with Gasteiger partial charge in [0.25, 0.3) is 11.8 Å². The van der Waals surface area contributed by atoms with Gasteiger partial charge in [-0.1, -0.05) is 29.8 Å². The minimum absolute atomic E-state index is 0.00151. The van der Waals surface area contributed by atoms with Gasteiger partial charge >= 0.3 is 0 Å². The standard InChI is InChI=1S/C22H31N7O3/c1-15-4-6-16(7-5-15)17-8-9-19(26-17)20(30)27-18(3-2-10-25-22(23)24)21(31)28-29-11-13-32-14-12-29/h4-9,18,26H,2-3,10-14H2,1H3,(H,27,30)(H,28,31)(H4,23,24,25). The lowest BCUT2D eigenvalue weighted by atomic mass is 10.1. The molecular formula is C22H31N7O3. The highest BCUT2D eigenvalue weighted by Crippen LogP contribution is 2.19. The summed E-state index contributed by atoms with van der Waals surface area (Å²) in [6.07, 6.45) is 0.933. The fourth-order valence-corrected chi connectivity index (χ4v) is 3.35. The molecule has 0 spiro atoms. The van der Waals surface area contributed by atoms with Crippen molar-refractivity contribution in [3.05, 3.63) is 47.7 Å². The second-order valence-corrected chi connectivity index (χ2v) is 7.70. The van der Waals surface area contributed by atoms with Crippen LogP contribution in [0.5, 0.6) is 0 Å². The summed E-state index contributed by atoms with van der Waals surface area (Å²) in [4.78, 5) is 32.8.